The normalized spacial score (nSPS) is 11.8. The minimum Gasteiger partial charge on any atom is -0.507 e. The van der Waals surface area contributed by atoms with E-state index < -0.39 is 151 Å². The van der Waals surface area contributed by atoms with Gasteiger partial charge in [0, 0.05) is 41.5 Å². The number of aromatic hydroxyl groups is 11. The van der Waals surface area contributed by atoms with Gasteiger partial charge < -0.3 is 74.2 Å². The van der Waals surface area contributed by atoms with E-state index in [9.17, 15) is 70.6 Å². The highest BCUT2D eigenvalue weighted by molar-refractivity contribution is 6.10. The fourth-order valence-corrected chi connectivity index (χ4v) is 7.24. The summed E-state index contributed by atoms with van der Waals surface area (Å²) in [7, 11) is 1.29. The van der Waals surface area contributed by atoms with Crippen LogP contribution in [0.2, 0.25) is 0 Å². The average Bonchev–Trinajstić information content (AvgIpc) is 3.15. The molecule has 0 amide bonds. The third-order valence-corrected chi connectivity index (χ3v) is 9.87. The number of hydrogen-bond donors (Lipinski definition) is 11. The molecule has 58 heavy (non-hydrogen) atoms. The summed E-state index contributed by atoms with van der Waals surface area (Å²) in [6.07, 6.45) is 0. The zero-order valence-electron chi connectivity index (χ0n) is 28.9. The lowest BCUT2D eigenvalue weighted by Crippen LogP contribution is -2.06. The number of benzene rings is 6. The third kappa shape index (κ3) is 4.56. The van der Waals surface area contributed by atoms with Gasteiger partial charge in [0.25, 0.3) is 0 Å². The number of fused-ring (bicyclic) bond motifs is 6. The van der Waals surface area contributed by atoms with Crippen LogP contribution in [0.1, 0.15) is 0 Å². The molecule has 9 rings (SSSR count). The van der Waals surface area contributed by atoms with Crippen molar-refractivity contribution in [2.75, 3.05) is 7.11 Å². The van der Waals surface area contributed by atoms with Crippen molar-refractivity contribution in [2.24, 2.45) is 0 Å². The maximum absolute atomic E-state index is 14.3. The summed E-state index contributed by atoms with van der Waals surface area (Å²) in [6, 6.07) is 7.18. The van der Waals surface area contributed by atoms with Crippen LogP contribution >= 0.6 is 0 Å². The molecular weight excluding hydrogens is 768 g/mol. The lowest BCUT2D eigenvalue weighted by Gasteiger charge is -2.16. The monoisotopic (exact) mass is 790 g/mol. The number of hydrogen-bond acceptors (Lipinski definition) is 18. The van der Waals surface area contributed by atoms with E-state index in [2.05, 4.69) is 0 Å². The Morgan fingerprint density at radius 3 is 1.52 bits per heavy atom. The number of methoxy groups -OCH3 is 1. The summed E-state index contributed by atoms with van der Waals surface area (Å²) in [5.74, 6) is -9.27. The zero-order valence-corrected chi connectivity index (χ0v) is 28.9. The molecule has 0 aliphatic heterocycles. The molecule has 0 atom stereocenters. The Labute approximate surface area is 317 Å². The molecule has 11 N–H and O–H groups in total. The molecule has 0 unspecified atom stereocenters. The van der Waals surface area contributed by atoms with E-state index in [0.29, 0.717) is 6.07 Å². The lowest BCUT2D eigenvalue weighted by atomic mass is 9.94. The molecule has 0 fully saturated rings. The van der Waals surface area contributed by atoms with Gasteiger partial charge in [0.05, 0.1) is 23.6 Å². The van der Waals surface area contributed by atoms with Crippen molar-refractivity contribution in [1.82, 2.24) is 0 Å². The topological polar surface area (TPSA) is 322 Å². The van der Waals surface area contributed by atoms with Crippen LogP contribution in [0.5, 0.6) is 69.0 Å². The van der Waals surface area contributed by atoms with Crippen molar-refractivity contribution in [2.45, 2.75) is 0 Å². The summed E-state index contributed by atoms with van der Waals surface area (Å²) in [5, 5.41) is 117. The second kappa shape index (κ2) is 11.7. The Balaban J connectivity index is 1.33. The largest absolute Gasteiger partial charge is 0.507 e. The van der Waals surface area contributed by atoms with Crippen LogP contribution in [0.25, 0.3) is 88.1 Å². The van der Waals surface area contributed by atoms with Gasteiger partial charge in [-0.2, -0.15) is 0 Å². The van der Waals surface area contributed by atoms with Gasteiger partial charge >= 0.3 is 0 Å². The first kappa shape index (κ1) is 35.1. The first-order chi connectivity index (χ1) is 27.5. The van der Waals surface area contributed by atoms with E-state index in [4.69, 9.17) is 18.0 Å². The van der Waals surface area contributed by atoms with Crippen LogP contribution < -0.4 is 21.0 Å². The van der Waals surface area contributed by atoms with E-state index in [1.807, 2.05) is 0 Å². The van der Waals surface area contributed by atoms with Gasteiger partial charge in [-0.3, -0.25) is 14.4 Å². The Hall–Kier alpha value is -8.67. The molecule has 3 heterocycles. The highest BCUT2D eigenvalue weighted by Crippen LogP contribution is 2.52. The number of phenolic OH excluding ortho intramolecular Hbond substituents is 11. The molecule has 0 aliphatic rings. The Morgan fingerprint density at radius 1 is 0.397 bits per heavy atom. The molecule has 18 heteroatoms. The molecule has 0 saturated carbocycles. The molecule has 0 bridgehead atoms. The summed E-state index contributed by atoms with van der Waals surface area (Å²) < 4.78 is 22.2. The van der Waals surface area contributed by atoms with Crippen LogP contribution in [-0.2, 0) is 0 Å². The Morgan fingerprint density at radius 2 is 0.897 bits per heavy atom. The molecular formula is C40H22O18. The lowest BCUT2D eigenvalue weighted by molar-refractivity contribution is 0.404. The van der Waals surface area contributed by atoms with Crippen molar-refractivity contribution < 1.29 is 74.2 Å². The zero-order chi connectivity index (χ0) is 41.4. The smallest absolute Gasteiger partial charge is 0.208 e. The van der Waals surface area contributed by atoms with Gasteiger partial charge in [0.2, 0.25) is 16.3 Å². The predicted molar refractivity (Wildman–Crippen MR) is 203 cm³/mol. The summed E-state index contributed by atoms with van der Waals surface area (Å²) in [4.78, 5) is 41.4. The second-order valence-electron chi connectivity index (χ2n) is 13.1. The average molecular weight is 791 g/mol. The van der Waals surface area contributed by atoms with Gasteiger partial charge in [-0.1, -0.05) is 0 Å². The minimum absolute atomic E-state index is 0.0909. The van der Waals surface area contributed by atoms with Gasteiger partial charge in [0.15, 0.2) is 39.7 Å². The van der Waals surface area contributed by atoms with Crippen LogP contribution in [0.4, 0.5) is 0 Å². The minimum atomic E-state index is -1.28. The van der Waals surface area contributed by atoms with E-state index in [1.54, 1.807) is 0 Å². The van der Waals surface area contributed by atoms with E-state index in [0.717, 1.165) is 36.4 Å². The molecule has 290 valence electrons. The van der Waals surface area contributed by atoms with Crippen molar-refractivity contribution in [1.29, 1.82) is 0 Å². The van der Waals surface area contributed by atoms with Crippen molar-refractivity contribution in [3.05, 3.63) is 79.2 Å². The van der Waals surface area contributed by atoms with Gasteiger partial charge in [-0.15, -0.1) is 0 Å². The molecule has 0 aliphatic carbocycles. The molecule has 0 saturated heterocycles. The van der Waals surface area contributed by atoms with Crippen molar-refractivity contribution >= 4 is 65.8 Å². The molecule has 0 spiro atoms. The fraction of sp³-hybridized carbons (Fsp3) is 0.0250. The van der Waals surface area contributed by atoms with Crippen LogP contribution in [0.15, 0.2) is 76.2 Å². The Bertz CT molecular complexity index is 3580. The summed E-state index contributed by atoms with van der Waals surface area (Å²) in [5.41, 5.74) is -8.82. The van der Waals surface area contributed by atoms with Crippen molar-refractivity contribution in [3.63, 3.8) is 0 Å². The molecule has 9 aromatic rings. The van der Waals surface area contributed by atoms with E-state index >= 15 is 0 Å². The highest BCUT2D eigenvalue weighted by Gasteiger charge is 2.30. The van der Waals surface area contributed by atoms with E-state index in [1.165, 1.54) is 13.2 Å². The maximum atomic E-state index is 14.3. The first-order valence-electron chi connectivity index (χ1n) is 16.5. The highest BCUT2D eigenvalue weighted by atomic mass is 16.5. The van der Waals surface area contributed by atoms with Gasteiger partial charge in [0.1, 0.15) is 89.7 Å². The van der Waals surface area contributed by atoms with Gasteiger partial charge in [-0.05, 0) is 18.2 Å². The van der Waals surface area contributed by atoms with Crippen LogP contribution in [-0.4, -0.2) is 63.3 Å². The first-order valence-corrected chi connectivity index (χ1v) is 16.5. The maximum Gasteiger partial charge on any atom is 0.208 e. The third-order valence-electron chi connectivity index (χ3n) is 9.87. The van der Waals surface area contributed by atoms with Crippen LogP contribution in [0.3, 0.4) is 0 Å². The van der Waals surface area contributed by atoms with Crippen LogP contribution in [0, 0.1) is 0 Å². The number of phenols is 11. The van der Waals surface area contributed by atoms with Crippen molar-refractivity contribution in [3.8, 4) is 91.2 Å². The molecule has 18 nitrogen and oxygen atoms in total. The second-order valence-corrected chi connectivity index (χ2v) is 13.1. The molecule has 3 aromatic heterocycles. The molecule has 6 aromatic carbocycles. The summed E-state index contributed by atoms with van der Waals surface area (Å²) >= 11 is 0. The summed E-state index contributed by atoms with van der Waals surface area (Å²) in [6.45, 7) is 0. The Kier molecular flexibility index (Phi) is 7.05. The number of rotatable bonds is 3. The fourth-order valence-electron chi connectivity index (χ4n) is 7.24. The number of ether oxygens (including phenoxy) is 1. The standard InChI is InChI=1S/C40H22O18/c1-55-10-2-16(43)27-23(3-10)57-38-20(47)5-12(33(50)30(38)36(27)53)25-19(46)9-24-29(35(25)52)37(54)31-34(51)13(6-21(48)39(31)58-24)26-17(44)7-18(45)28-32(49)11-4-14(41)15(42)8-22(11)56-40(26)28/h2-9,41-48,50-52H,1H3. The van der Waals surface area contributed by atoms with E-state index in [-0.39, 0.29) is 22.3 Å². The SMILES string of the molecule is COc1cc(O)c2c(=O)c3c(O)c(-c4c(O)cc5oc6c(O)cc(-c7c(O)cc(O)c8c(=O)c9cc(O)c(O)cc9oc78)c(O)c6c(=O)c5c4O)cc(O)c3oc2c1. The van der Waals surface area contributed by atoms with Gasteiger partial charge in [-0.25, -0.2) is 0 Å². The quantitative estimate of drug-likeness (QED) is 0.0592. The predicted octanol–water partition coefficient (Wildman–Crippen LogP) is 5.57. The molecule has 0 radical (unpaired) electrons.